The maximum Gasteiger partial charge on any atom is 0.387 e. The predicted molar refractivity (Wildman–Crippen MR) is 92.5 cm³/mol. The van der Waals surface area contributed by atoms with Crippen molar-refractivity contribution < 1.29 is 30.4 Å². The lowest BCUT2D eigenvalue weighted by molar-refractivity contribution is -0.0498. The molecule has 0 unspecified atom stereocenters. The van der Waals surface area contributed by atoms with Gasteiger partial charge in [-0.15, -0.1) is 0 Å². The SMILES string of the molecule is CN(C1CCN(S(=O)(=O)c2ccc(OC(F)F)c(Cl)c2)CC1)S(C)(=O)=O. The van der Waals surface area contributed by atoms with Gasteiger partial charge in [-0.1, -0.05) is 11.6 Å². The van der Waals surface area contributed by atoms with Crippen LogP contribution in [0.2, 0.25) is 5.02 Å². The molecule has 148 valence electrons. The molecule has 2 rings (SSSR count). The van der Waals surface area contributed by atoms with Crippen LogP contribution in [-0.2, 0) is 20.0 Å². The Balaban J connectivity index is 2.13. The largest absolute Gasteiger partial charge is 0.433 e. The minimum absolute atomic E-state index is 0.139. The van der Waals surface area contributed by atoms with Crippen molar-refractivity contribution in [3.05, 3.63) is 23.2 Å². The van der Waals surface area contributed by atoms with Crippen molar-refractivity contribution in [3.63, 3.8) is 0 Å². The third-order valence-electron chi connectivity index (χ3n) is 4.22. The first-order valence-corrected chi connectivity index (χ1v) is 11.3. The highest BCUT2D eigenvalue weighted by Gasteiger charge is 2.33. The van der Waals surface area contributed by atoms with Crippen LogP contribution in [-0.4, -0.2) is 64.5 Å². The van der Waals surface area contributed by atoms with Gasteiger partial charge in [-0.3, -0.25) is 0 Å². The van der Waals surface area contributed by atoms with E-state index in [1.54, 1.807) is 0 Å². The van der Waals surface area contributed by atoms with Gasteiger partial charge in [0.25, 0.3) is 0 Å². The molecule has 0 aromatic heterocycles. The fourth-order valence-electron chi connectivity index (χ4n) is 2.70. The molecule has 0 N–H and O–H groups in total. The number of piperidine rings is 1. The van der Waals surface area contributed by atoms with Crippen molar-refractivity contribution >= 4 is 31.6 Å². The zero-order valence-corrected chi connectivity index (χ0v) is 16.5. The fourth-order valence-corrected chi connectivity index (χ4v) is 5.24. The molecule has 12 heteroatoms. The van der Waals surface area contributed by atoms with Crippen molar-refractivity contribution in [2.24, 2.45) is 0 Å². The van der Waals surface area contributed by atoms with E-state index in [2.05, 4.69) is 4.74 Å². The molecule has 0 spiro atoms. The van der Waals surface area contributed by atoms with Gasteiger partial charge in [-0.25, -0.2) is 21.1 Å². The molecule has 0 aliphatic carbocycles. The number of rotatable bonds is 6. The van der Waals surface area contributed by atoms with E-state index >= 15 is 0 Å². The number of hydrogen-bond acceptors (Lipinski definition) is 5. The van der Waals surface area contributed by atoms with Crippen LogP contribution in [0, 0.1) is 0 Å². The lowest BCUT2D eigenvalue weighted by Crippen LogP contribution is -2.46. The van der Waals surface area contributed by atoms with Gasteiger partial charge in [-0.2, -0.15) is 13.1 Å². The third-order valence-corrected chi connectivity index (χ3v) is 7.75. The number of benzene rings is 1. The molecule has 1 aromatic rings. The Morgan fingerprint density at radius 1 is 1.23 bits per heavy atom. The molecule has 0 bridgehead atoms. The quantitative estimate of drug-likeness (QED) is 0.686. The first-order valence-electron chi connectivity index (χ1n) is 7.60. The number of hydrogen-bond donors (Lipinski definition) is 0. The molecule has 1 saturated heterocycles. The highest BCUT2D eigenvalue weighted by molar-refractivity contribution is 7.89. The Kier molecular flexibility index (Phi) is 6.49. The summed E-state index contributed by atoms with van der Waals surface area (Å²) in [6, 6.07) is 3.00. The van der Waals surface area contributed by atoms with E-state index in [0.29, 0.717) is 12.8 Å². The summed E-state index contributed by atoms with van der Waals surface area (Å²) in [5.74, 6) is -0.311. The maximum absolute atomic E-state index is 12.7. The van der Waals surface area contributed by atoms with Gasteiger partial charge in [0, 0.05) is 26.2 Å². The molecule has 0 atom stereocenters. The van der Waals surface area contributed by atoms with Crippen LogP contribution < -0.4 is 4.74 Å². The van der Waals surface area contributed by atoms with Gasteiger partial charge >= 0.3 is 6.61 Å². The number of halogens is 3. The number of nitrogens with zero attached hydrogens (tertiary/aromatic N) is 2. The van der Waals surface area contributed by atoms with Crippen LogP contribution >= 0.6 is 11.6 Å². The zero-order chi connectivity index (χ0) is 19.7. The molecule has 7 nitrogen and oxygen atoms in total. The minimum atomic E-state index is -3.88. The average Bonchev–Trinajstić information content (AvgIpc) is 2.54. The molecular formula is C14H19ClF2N2O5S2. The molecule has 26 heavy (non-hydrogen) atoms. The predicted octanol–water partition coefficient (Wildman–Crippen LogP) is 1.99. The van der Waals surface area contributed by atoms with Crippen molar-refractivity contribution in [3.8, 4) is 5.75 Å². The normalized spacial score (nSPS) is 17.8. The van der Waals surface area contributed by atoms with Gasteiger partial charge in [-0.05, 0) is 31.0 Å². The molecule has 0 radical (unpaired) electrons. The zero-order valence-electron chi connectivity index (χ0n) is 14.1. The monoisotopic (exact) mass is 432 g/mol. The second-order valence-corrected chi connectivity index (χ2v) is 10.3. The number of sulfonamides is 2. The van der Waals surface area contributed by atoms with E-state index in [4.69, 9.17) is 11.6 Å². The van der Waals surface area contributed by atoms with Crippen molar-refractivity contribution in [1.29, 1.82) is 0 Å². The summed E-state index contributed by atoms with van der Waals surface area (Å²) in [4.78, 5) is -0.140. The van der Waals surface area contributed by atoms with Crippen molar-refractivity contribution in [1.82, 2.24) is 8.61 Å². The Morgan fingerprint density at radius 3 is 2.27 bits per heavy atom. The van der Waals surface area contributed by atoms with Gasteiger partial charge in [0.1, 0.15) is 5.75 Å². The van der Waals surface area contributed by atoms with Crippen LogP contribution in [0.25, 0.3) is 0 Å². The Morgan fingerprint density at radius 2 is 1.81 bits per heavy atom. The molecule has 1 fully saturated rings. The lowest BCUT2D eigenvalue weighted by Gasteiger charge is -2.35. The topological polar surface area (TPSA) is 84.0 Å². The van der Waals surface area contributed by atoms with Gasteiger partial charge in [0.15, 0.2) is 0 Å². The van der Waals surface area contributed by atoms with E-state index in [-0.39, 0.29) is 34.8 Å². The Hall–Kier alpha value is -1.01. The lowest BCUT2D eigenvalue weighted by atomic mass is 10.1. The summed E-state index contributed by atoms with van der Waals surface area (Å²) in [6.07, 6.45) is 1.80. The highest BCUT2D eigenvalue weighted by atomic mass is 35.5. The molecule has 1 aliphatic rings. The fraction of sp³-hybridized carbons (Fsp3) is 0.571. The van der Waals surface area contributed by atoms with E-state index in [1.807, 2.05) is 0 Å². The average molecular weight is 433 g/mol. The van der Waals surface area contributed by atoms with Gasteiger partial charge < -0.3 is 4.74 Å². The Labute approximate surface area is 156 Å². The van der Waals surface area contributed by atoms with E-state index in [0.717, 1.165) is 24.5 Å². The number of alkyl halides is 2. The van der Waals surface area contributed by atoms with E-state index in [1.165, 1.54) is 15.7 Å². The second kappa shape index (κ2) is 7.93. The van der Waals surface area contributed by atoms with Crippen LogP contribution in [0.5, 0.6) is 5.75 Å². The molecule has 1 aliphatic heterocycles. The summed E-state index contributed by atoms with van der Waals surface area (Å²) >= 11 is 5.82. The molecular weight excluding hydrogens is 414 g/mol. The van der Waals surface area contributed by atoms with Crippen LogP contribution in [0.1, 0.15) is 12.8 Å². The molecule has 1 aromatic carbocycles. The maximum atomic E-state index is 12.7. The molecule has 1 heterocycles. The van der Waals surface area contributed by atoms with Gasteiger partial charge in [0.05, 0.1) is 16.2 Å². The van der Waals surface area contributed by atoms with E-state index < -0.39 is 26.7 Å². The standard InChI is InChI=1S/C14H19ClF2N2O5S2/c1-18(25(2,20)21)10-5-7-19(8-6-10)26(22,23)11-3-4-13(12(15)9-11)24-14(16)17/h3-4,9-10,14H,5-8H2,1-2H3. The van der Waals surface area contributed by atoms with Crippen LogP contribution in [0.3, 0.4) is 0 Å². The summed E-state index contributed by atoms with van der Waals surface area (Å²) < 4.78 is 79.7. The summed E-state index contributed by atoms with van der Waals surface area (Å²) in [6.45, 7) is -2.79. The highest BCUT2D eigenvalue weighted by Crippen LogP contribution is 2.31. The van der Waals surface area contributed by atoms with Crippen LogP contribution in [0.15, 0.2) is 23.1 Å². The van der Waals surface area contributed by atoms with Crippen molar-refractivity contribution in [2.75, 3.05) is 26.4 Å². The first-order chi connectivity index (χ1) is 11.9. The van der Waals surface area contributed by atoms with Crippen molar-refractivity contribution in [2.45, 2.75) is 30.4 Å². The third kappa shape index (κ3) is 4.83. The summed E-state index contributed by atoms with van der Waals surface area (Å²) in [5, 5.41) is -0.238. The first kappa shape index (κ1) is 21.3. The molecule has 0 amide bonds. The Bertz CT molecular complexity index is 856. The van der Waals surface area contributed by atoms with Gasteiger partial charge in [0.2, 0.25) is 20.0 Å². The summed E-state index contributed by atoms with van der Waals surface area (Å²) in [7, 11) is -5.77. The minimum Gasteiger partial charge on any atom is -0.433 e. The van der Waals surface area contributed by atoms with E-state index in [9.17, 15) is 25.6 Å². The number of ether oxygens (including phenoxy) is 1. The second-order valence-electron chi connectivity index (χ2n) is 5.89. The summed E-state index contributed by atoms with van der Waals surface area (Å²) in [5.41, 5.74) is 0. The molecule has 0 saturated carbocycles. The van der Waals surface area contributed by atoms with Crippen LogP contribution in [0.4, 0.5) is 8.78 Å². The smallest absolute Gasteiger partial charge is 0.387 e.